The molecule has 0 atom stereocenters. The Hall–Kier alpha value is -2.24. The topological polar surface area (TPSA) is 84.9 Å². The third-order valence-electron chi connectivity index (χ3n) is 2.16. The van der Waals surface area contributed by atoms with Crippen LogP contribution in [0.4, 0.5) is 0 Å². The van der Waals surface area contributed by atoms with Crippen LogP contribution in [-0.2, 0) is 9.63 Å². The summed E-state index contributed by atoms with van der Waals surface area (Å²) in [5, 5.41) is 9.62. The molecule has 0 unspecified atom stereocenters. The van der Waals surface area contributed by atoms with Gasteiger partial charge in [-0.15, -0.1) is 0 Å². The minimum Gasteiger partial charge on any atom is -0.507 e. The first kappa shape index (κ1) is 13.8. The lowest BCUT2D eigenvalue weighted by Crippen LogP contribution is -2.18. The molecule has 98 valence electrons. The highest BCUT2D eigenvalue weighted by Crippen LogP contribution is 2.24. The molecule has 0 aliphatic carbocycles. The van der Waals surface area contributed by atoms with Crippen molar-refractivity contribution in [3.63, 3.8) is 0 Å². The fraction of sp³-hybridized carbons (Fsp3) is 0.333. The highest BCUT2D eigenvalue weighted by atomic mass is 16.7. The van der Waals surface area contributed by atoms with Crippen molar-refractivity contribution in [2.24, 2.45) is 0 Å². The van der Waals surface area contributed by atoms with Gasteiger partial charge in [0.15, 0.2) is 0 Å². The van der Waals surface area contributed by atoms with E-state index < -0.39 is 5.97 Å². The van der Waals surface area contributed by atoms with Crippen molar-refractivity contribution in [1.82, 2.24) is 5.48 Å². The number of unbranched alkanes of at least 4 members (excludes halogenated alkanes) is 1. The first-order chi connectivity index (χ1) is 8.69. The quantitative estimate of drug-likeness (QED) is 0.435. The van der Waals surface area contributed by atoms with E-state index in [1.807, 2.05) is 6.92 Å². The number of carbonyl (C=O) groups excluding carboxylic acids is 2. The van der Waals surface area contributed by atoms with Crippen LogP contribution in [-0.4, -0.2) is 24.1 Å². The zero-order valence-electron chi connectivity index (χ0n) is 10.0. The molecule has 0 spiro atoms. The summed E-state index contributed by atoms with van der Waals surface area (Å²) in [7, 11) is 0. The van der Waals surface area contributed by atoms with Crippen LogP contribution in [0.5, 0.6) is 11.5 Å². The van der Waals surface area contributed by atoms with Crippen LogP contribution in [0.15, 0.2) is 18.2 Å². The Kier molecular flexibility index (Phi) is 5.50. The summed E-state index contributed by atoms with van der Waals surface area (Å²) in [6.07, 6.45) is 2.14. The monoisotopic (exact) mass is 253 g/mol. The van der Waals surface area contributed by atoms with Crippen LogP contribution in [0, 0.1) is 0 Å². The number of carbonyl (C=O) groups is 2. The fourth-order valence-electron chi connectivity index (χ4n) is 1.24. The number of hydrogen-bond donors (Lipinski definition) is 2. The highest BCUT2D eigenvalue weighted by molar-refractivity contribution is 5.92. The molecule has 1 aromatic carbocycles. The van der Waals surface area contributed by atoms with Crippen molar-refractivity contribution in [2.45, 2.75) is 19.8 Å². The summed E-state index contributed by atoms with van der Waals surface area (Å²) >= 11 is 0. The van der Waals surface area contributed by atoms with Gasteiger partial charge >= 0.3 is 5.97 Å². The minimum absolute atomic E-state index is 0.0489. The number of aromatic hydroxyl groups is 1. The van der Waals surface area contributed by atoms with E-state index in [1.165, 1.54) is 12.1 Å². The van der Waals surface area contributed by atoms with E-state index >= 15 is 0 Å². The normalized spacial score (nSPS) is 9.61. The van der Waals surface area contributed by atoms with Gasteiger partial charge in [0, 0.05) is 6.07 Å². The molecule has 0 saturated carbocycles. The summed E-state index contributed by atoms with van der Waals surface area (Å²) < 4.78 is 5.36. The van der Waals surface area contributed by atoms with Gasteiger partial charge in [0.1, 0.15) is 17.1 Å². The van der Waals surface area contributed by atoms with Crippen LogP contribution in [0.1, 0.15) is 30.1 Å². The predicted octanol–water partition coefficient (Wildman–Crippen LogP) is 1.39. The van der Waals surface area contributed by atoms with Gasteiger partial charge < -0.3 is 14.7 Å². The molecule has 0 fully saturated rings. The average molecular weight is 253 g/mol. The van der Waals surface area contributed by atoms with Gasteiger partial charge in [0.25, 0.3) is 0 Å². The van der Waals surface area contributed by atoms with Gasteiger partial charge in [0.2, 0.25) is 6.41 Å². The number of benzene rings is 1. The molecule has 6 nitrogen and oxygen atoms in total. The van der Waals surface area contributed by atoms with Crippen molar-refractivity contribution in [3.8, 4) is 11.5 Å². The van der Waals surface area contributed by atoms with Crippen molar-refractivity contribution in [1.29, 1.82) is 0 Å². The third-order valence-corrected chi connectivity index (χ3v) is 2.16. The summed E-state index contributed by atoms with van der Waals surface area (Å²) in [4.78, 5) is 25.6. The number of hydrogen-bond acceptors (Lipinski definition) is 5. The lowest BCUT2D eigenvalue weighted by Gasteiger charge is -2.08. The second-order valence-electron chi connectivity index (χ2n) is 3.51. The van der Waals surface area contributed by atoms with Crippen LogP contribution in [0.3, 0.4) is 0 Å². The molecule has 1 aromatic rings. The fourth-order valence-corrected chi connectivity index (χ4v) is 1.24. The molecule has 0 radical (unpaired) electrons. The number of ether oxygens (including phenoxy) is 1. The van der Waals surface area contributed by atoms with Crippen LogP contribution in [0.2, 0.25) is 0 Å². The van der Waals surface area contributed by atoms with Crippen LogP contribution >= 0.6 is 0 Å². The van der Waals surface area contributed by atoms with Crippen molar-refractivity contribution in [2.75, 3.05) is 6.61 Å². The molecule has 1 amide bonds. The zero-order valence-corrected chi connectivity index (χ0v) is 10.0. The molecule has 0 heterocycles. The van der Waals surface area contributed by atoms with E-state index in [4.69, 9.17) is 4.74 Å². The van der Waals surface area contributed by atoms with Crippen molar-refractivity contribution < 1.29 is 24.3 Å². The number of hydroxylamine groups is 1. The van der Waals surface area contributed by atoms with E-state index in [0.717, 1.165) is 12.8 Å². The maximum atomic E-state index is 11.4. The SMILES string of the molecule is CCCCOc1ccc(C(=O)ONC=O)c(O)c1. The molecular formula is C12H15NO5. The van der Waals surface area contributed by atoms with Crippen LogP contribution < -0.4 is 10.2 Å². The van der Waals surface area contributed by atoms with Gasteiger partial charge in [-0.1, -0.05) is 13.3 Å². The summed E-state index contributed by atoms with van der Waals surface area (Å²) in [5.41, 5.74) is 1.71. The largest absolute Gasteiger partial charge is 0.507 e. The number of phenols is 1. The maximum Gasteiger partial charge on any atom is 0.366 e. The average Bonchev–Trinajstić information content (AvgIpc) is 2.36. The standard InChI is InChI=1S/C12H15NO5/c1-2-3-6-17-9-4-5-10(11(15)7-9)12(16)18-13-8-14/h4-5,7-8,15H,2-3,6H2,1H3,(H,13,14). The molecule has 0 aliphatic heterocycles. The van der Waals surface area contributed by atoms with Crippen LogP contribution in [0.25, 0.3) is 0 Å². The summed E-state index contributed by atoms with van der Waals surface area (Å²) in [6, 6.07) is 4.24. The van der Waals surface area contributed by atoms with E-state index in [0.29, 0.717) is 12.4 Å². The Bertz CT molecular complexity index is 419. The van der Waals surface area contributed by atoms with Crippen molar-refractivity contribution in [3.05, 3.63) is 23.8 Å². The summed E-state index contributed by atoms with van der Waals surface area (Å²) in [6.45, 7) is 2.59. The Morgan fingerprint density at radius 1 is 1.50 bits per heavy atom. The molecule has 0 bridgehead atoms. The zero-order chi connectivity index (χ0) is 13.4. The van der Waals surface area contributed by atoms with E-state index in [1.54, 1.807) is 11.5 Å². The number of nitrogens with one attached hydrogen (secondary N) is 1. The first-order valence-electron chi connectivity index (χ1n) is 5.55. The number of amides is 1. The Labute approximate surface area is 104 Å². The lowest BCUT2D eigenvalue weighted by molar-refractivity contribution is -0.117. The van der Waals surface area contributed by atoms with Gasteiger partial charge in [-0.05, 0) is 18.6 Å². The molecule has 18 heavy (non-hydrogen) atoms. The van der Waals surface area contributed by atoms with E-state index in [2.05, 4.69) is 4.84 Å². The second kappa shape index (κ2) is 7.16. The van der Waals surface area contributed by atoms with Crippen molar-refractivity contribution >= 4 is 12.4 Å². The summed E-state index contributed by atoms with van der Waals surface area (Å²) in [5.74, 6) is -0.637. The Morgan fingerprint density at radius 3 is 2.89 bits per heavy atom. The van der Waals surface area contributed by atoms with Gasteiger partial charge in [-0.3, -0.25) is 4.79 Å². The lowest BCUT2D eigenvalue weighted by atomic mass is 10.2. The minimum atomic E-state index is -0.847. The molecular weight excluding hydrogens is 238 g/mol. The van der Waals surface area contributed by atoms with Gasteiger partial charge in [-0.2, -0.15) is 5.48 Å². The molecule has 1 rings (SSSR count). The Morgan fingerprint density at radius 2 is 2.28 bits per heavy atom. The van der Waals surface area contributed by atoms with Gasteiger partial charge in [-0.25, -0.2) is 4.79 Å². The smallest absolute Gasteiger partial charge is 0.366 e. The highest BCUT2D eigenvalue weighted by Gasteiger charge is 2.13. The molecule has 0 aliphatic rings. The molecule has 2 N–H and O–H groups in total. The second-order valence-corrected chi connectivity index (χ2v) is 3.51. The van der Waals surface area contributed by atoms with E-state index in [-0.39, 0.29) is 17.7 Å². The molecule has 6 heteroatoms. The predicted molar refractivity (Wildman–Crippen MR) is 63.1 cm³/mol. The Balaban J connectivity index is 2.66. The van der Waals surface area contributed by atoms with Gasteiger partial charge in [0.05, 0.1) is 6.61 Å². The third kappa shape index (κ3) is 3.97. The number of phenolic OH excluding ortho intramolecular Hbond substituents is 1. The van der Waals surface area contributed by atoms with E-state index in [9.17, 15) is 14.7 Å². The molecule has 0 saturated heterocycles. The number of rotatable bonds is 7. The maximum absolute atomic E-state index is 11.4. The first-order valence-corrected chi connectivity index (χ1v) is 5.55. The molecule has 0 aromatic heterocycles.